The maximum atomic E-state index is 12.5. The second kappa shape index (κ2) is 6.00. The molecular formula is C27H37NO2. The monoisotopic (exact) mass is 407 g/mol. The number of hydrogen-bond acceptors (Lipinski definition) is 3. The third-order valence-electron chi connectivity index (χ3n) is 10.3. The lowest BCUT2D eigenvalue weighted by molar-refractivity contribution is -0.114. The zero-order valence-electron chi connectivity index (χ0n) is 19.3. The highest BCUT2D eigenvalue weighted by atomic mass is 16.3. The van der Waals surface area contributed by atoms with E-state index in [0.717, 1.165) is 30.4 Å². The van der Waals surface area contributed by atoms with E-state index in [2.05, 4.69) is 39.8 Å². The first kappa shape index (κ1) is 20.3. The molecule has 0 aliphatic heterocycles. The second-order valence-corrected chi connectivity index (χ2v) is 11.8. The molecule has 6 unspecified atom stereocenters. The van der Waals surface area contributed by atoms with Gasteiger partial charge in [0.1, 0.15) is 0 Å². The van der Waals surface area contributed by atoms with Crippen LogP contribution in [-0.4, -0.2) is 16.4 Å². The highest BCUT2D eigenvalue weighted by Crippen LogP contribution is 2.70. The minimum absolute atomic E-state index is 0.0569. The summed E-state index contributed by atoms with van der Waals surface area (Å²) in [5.41, 5.74) is 11.8. The Bertz CT molecular complexity index is 967. The molecule has 6 atom stereocenters. The zero-order valence-corrected chi connectivity index (χ0v) is 19.3. The number of aliphatic hydroxyl groups excluding tert-OH is 1. The maximum absolute atomic E-state index is 12.5. The van der Waals surface area contributed by atoms with Crippen molar-refractivity contribution in [2.75, 3.05) is 0 Å². The van der Waals surface area contributed by atoms with E-state index in [9.17, 15) is 9.90 Å². The topological polar surface area (TPSA) is 63.3 Å². The molecule has 162 valence electrons. The molecule has 30 heavy (non-hydrogen) atoms. The molecule has 0 heterocycles. The SMILES string of the molecule is CC1=C(O)C(=O)C=C2C1=CC=C1C2(C)CCC2C1(C)CCC1(C)CCC(C)CC21N. The predicted octanol–water partition coefficient (Wildman–Crippen LogP) is 5.93. The summed E-state index contributed by atoms with van der Waals surface area (Å²) in [5, 5.41) is 10.2. The van der Waals surface area contributed by atoms with Crippen molar-refractivity contribution in [2.24, 2.45) is 33.8 Å². The fourth-order valence-electron chi connectivity index (χ4n) is 8.30. The first-order chi connectivity index (χ1) is 14.0. The molecule has 0 amide bonds. The van der Waals surface area contributed by atoms with Crippen LogP contribution in [0, 0.1) is 28.1 Å². The summed E-state index contributed by atoms with van der Waals surface area (Å²) in [6.45, 7) is 11.5. The molecule has 3 heteroatoms. The van der Waals surface area contributed by atoms with Gasteiger partial charge in [-0.1, -0.05) is 51.8 Å². The Morgan fingerprint density at radius 2 is 1.80 bits per heavy atom. The van der Waals surface area contributed by atoms with Gasteiger partial charge in [0.05, 0.1) is 0 Å². The lowest BCUT2D eigenvalue weighted by atomic mass is 9.38. The molecule has 0 spiro atoms. The number of carbonyl (C=O) groups is 1. The van der Waals surface area contributed by atoms with Crippen molar-refractivity contribution in [3.63, 3.8) is 0 Å². The van der Waals surface area contributed by atoms with E-state index in [1.54, 1.807) is 6.08 Å². The van der Waals surface area contributed by atoms with Crippen LogP contribution in [0.1, 0.15) is 79.6 Å². The summed E-state index contributed by atoms with van der Waals surface area (Å²) in [7, 11) is 0. The number of aliphatic hydroxyl groups is 1. The van der Waals surface area contributed by atoms with Crippen molar-refractivity contribution >= 4 is 5.78 Å². The van der Waals surface area contributed by atoms with E-state index in [4.69, 9.17) is 5.73 Å². The number of nitrogens with two attached hydrogens (primary N) is 1. The number of ketones is 1. The summed E-state index contributed by atoms with van der Waals surface area (Å²) < 4.78 is 0. The molecule has 5 aliphatic rings. The molecule has 0 aromatic carbocycles. The highest BCUT2D eigenvalue weighted by Gasteiger charge is 2.65. The average molecular weight is 408 g/mol. The second-order valence-electron chi connectivity index (χ2n) is 11.8. The molecule has 0 radical (unpaired) electrons. The van der Waals surface area contributed by atoms with Gasteiger partial charge < -0.3 is 10.8 Å². The Hall–Kier alpha value is -1.61. The van der Waals surface area contributed by atoms with Gasteiger partial charge in [0.15, 0.2) is 5.76 Å². The molecule has 5 rings (SSSR count). The van der Waals surface area contributed by atoms with E-state index < -0.39 is 0 Å². The molecular weight excluding hydrogens is 370 g/mol. The molecule has 0 bridgehead atoms. The first-order valence-corrected chi connectivity index (χ1v) is 11.9. The standard InChI is InChI=1S/C27H37NO2/c1-16-8-10-24(3)12-13-26(5)21-7-6-18-17(2)23(30)20(29)14-19(18)25(21,4)11-9-22(26)27(24,28)15-16/h6-7,14,16,22,30H,8-13,15,28H2,1-5H3. The Kier molecular flexibility index (Phi) is 4.06. The molecule has 3 saturated carbocycles. The highest BCUT2D eigenvalue weighted by molar-refractivity contribution is 6.06. The lowest BCUT2D eigenvalue weighted by Gasteiger charge is -2.68. The van der Waals surface area contributed by atoms with Crippen molar-refractivity contribution < 1.29 is 9.90 Å². The van der Waals surface area contributed by atoms with E-state index in [0.29, 0.717) is 17.4 Å². The number of allylic oxidation sites excluding steroid dienone is 7. The van der Waals surface area contributed by atoms with Crippen LogP contribution < -0.4 is 5.73 Å². The quantitative estimate of drug-likeness (QED) is 0.523. The van der Waals surface area contributed by atoms with Crippen LogP contribution in [0.5, 0.6) is 0 Å². The van der Waals surface area contributed by atoms with Crippen LogP contribution >= 0.6 is 0 Å². The van der Waals surface area contributed by atoms with Gasteiger partial charge in [0.2, 0.25) is 5.78 Å². The summed E-state index contributed by atoms with van der Waals surface area (Å²) >= 11 is 0. The van der Waals surface area contributed by atoms with Crippen LogP contribution in [0.15, 0.2) is 46.3 Å². The summed E-state index contributed by atoms with van der Waals surface area (Å²) in [6, 6.07) is 0. The van der Waals surface area contributed by atoms with Crippen LogP contribution in [0.25, 0.3) is 0 Å². The number of fused-ring (bicyclic) bond motifs is 7. The maximum Gasteiger partial charge on any atom is 0.220 e. The Morgan fingerprint density at radius 1 is 1.07 bits per heavy atom. The van der Waals surface area contributed by atoms with E-state index >= 15 is 0 Å². The third-order valence-corrected chi connectivity index (χ3v) is 10.3. The van der Waals surface area contributed by atoms with Gasteiger partial charge in [-0.25, -0.2) is 0 Å². The van der Waals surface area contributed by atoms with Crippen molar-refractivity contribution in [1.82, 2.24) is 0 Å². The van der Waals surface area contributed by atoms with Crippen molar-refractivity contribution in [3.05, 3.63) is 46.3 Å². The predicted molar refractivity (Wildman–Crippen MR) is 121 cm³/mol. The minimum atomic E-state index is -0.248. The fraction of sp³-hybridized carbons (Fsp3) is 0.667. The number of hydrogen-bond donors (Lipinski definition) is 2. The zero-order chi connectivity index (χ0) is 21.7. The molecule has 0 saturated heterocycles. The van der Waals surface area contributed by atoms with Gasteiger partial charge in [0.25, 0.3) is 0 Å². The lowest BCUT2D eigenvalue weighted by Crippen LogP contribution is -2.70. The Balaban J connectivity index is 1.64. The summed E-state index contributed by atoms with van der Waals surface area (Å²) in [5.74, 6) is 0.823. The summed E-state index contributed by atoms with van der Waals surface area (Å²) in [4.78, 5) is 12.5. The van der Waals surface area contributed by atoms with E-state index in [1.807, 2.05) is 6.92 Å². The minimum Gasteiger partial charge on any atom is -0.504 e. The fourth-order valence-corrected chi connectivity index (χ4v) is 8.30. The molecule has 3 nitrogen and oxygen atoms in total. The van der Waals surface area contributed by atoms with Gasteiger partial charge in [-0.2, -0.15) is 0 Å². The largest absolute Gasteiger partial charge is 0.504 e. The Morgan fingerprint density at radius 3 is 2.53 bits per heavy atom. The van der Waals surface area contributed by atoms with Crippen molar-refractivity contribution in [3.8, 4) is 0 Å². The van der Waals surface area contributed by atoms with Crippen LogP contribution in [0.4, 0.5) is 0 Å². The normalized spacial score (nSPS) is 47.9. The average Bonchev–Trinajstić information content (AvgIpc) is 2.68. The van der Waals surface area contributed by atoms with Crippen LogP contribution in [-0.2, 0) is 4.79 Å². The smallest absolute Gasteiger partial charge is 0.220 e. The van der Waals surface area contributed by atoms with Crippen LogP contribution in [0.2, 0.25) is 0 Å². The first-order valence-electron chi connectivity index (χ1n) is 11.9. The molecule has 0 aromatic heterocycles. The van der Waals surface area contributed by atoms with Gasteiger partial charge in [0, 0.05) is 16.5 Å². The number of rotatable bonds is 0. The molecule has 3 fully saturated rings. The van der Waals surface area contributed by atoms with E-state index in [-0.39, 0.29) is 33.3 Å². The summed E-state index contributed by atoms with van der Waals surface area (Å²) in [6.07, 6.45) is 14.3. The Labute approximate surface area is 181 Å². The van der Waals surface area contributed by atoms with E-state index in [1.165, 1.54) is 31.3 Å². The van der Waals surface area contributed by atoms with Crippen LogP contribution in [0.3, 0.4) is 0 Å². The van der Waals surface area contributed by atoms with Gasteiger partial charge in [-0.05, 0) is 85.3 Å². The van der Waals surface area contributed by atoms with Gasteiger partial charge in [-0.15, -0.1) is 0 Å². The third kappa shape index (κ3) is 2.28. The van der Waals surface area contributed by atoms with Gasteiger partial charge in [-0.3, -0.25) is 4.79 Å². The molecule has 3 N–H and O–H groups in total. The molecule has 0 aromatic rings. The van der Waals surface area contributed by atoms with Gasteiger partial charge >= 0.3 is 0 Å². The van der Waals surface area contributed by atoms with Crippen molar-refractivity contribution in [2.45, 2.75) is 85.1 Å². The molecule has 5 aliphatic carbocycles. The number of carbonyl (C=O) groups excluding carboxylic acids is 1. The van der Waals surface area contributed by atoms with Crippen molar-refractivity contribution in [1.29, 1.82) is 0 Å².